The number of nitrogens with zero attached hydrogens (tertiary/aromatic N) is 2. The Kier molecular flexibility index (Phi) is 8.10. The largest absolute Gasteiger partial charge is 0.352 e. The first kappa shape index (κ1) is 19.8. The van der Waals surface area contributed by atoms with E-state index in [1.807, 2.05) is 0 Å². The maximum atomic E-state index is 13.6. The van der Waals surface area contributed by atoms with E-state index in [0.29, 0.717) is 17.1 Å². The Labute approximate surface area is 156 Å². The van der Waals surface area contributed by atoms with Crippen LogP contribution >= 0.6 is 24.0 Å². The van der Waals surface area contributed by atoms with E-state index in [2.05, 4.69) is 15.6 Å². The van der Waals surface area contributed by atoms with Gasteiger partial charge in [-0.15, -0.1) is 24.0 Å². The molecule has 6 nitrogen and oxygen atoms in total. The molecule has 0 amide bonds. The van der Waals surface area contributed by atoms with Gasteiger partial charge in [0.25, 0.3) is 5.69 Å². The van der Waals surface area contributed by atoms with Crippen molar-refractivity contribution in [1.82, 2.24) is 10.6 Å². The van der Waals surface area contributed by atoms with Crippen molar-refractivity contribution in [2.24, 2.45) is 4.99 Å². The van der Waals surface area contributed by atoms with Crippen molar-refractivity contribution in [2.75, 3.05) is 7.05 Å². The second-order valence-corrected chi connectivity index (χ2v) is 4.76. The summed E-state index contributed by atoms with van der Waals surface area (Å²) in [5.41, 5.74) is 1.11. The molecule has 128 valence electrons. The topological polar surface area (TPSA) is 79.6 Å². The second kappa shape index (κ2) is 9.81. The normalized spacial score (nSPS) is 10.7. The van der Waals surface area contributed by atoms with Crippen molar-refractivity contribution in [3.63, 3.8) is 0 Å². The number of nitrogens with one attached hydrogen (secondary N) is 2. The van der Waals surface area contributed by atoms with Gasteiger partial charge in [0.2, 0.25) is 0 Å². The van der Waals surface area contributed by atoms with Crippen LogP contribution in [-0.2, 0) is 13.1 Å². The van der Waals surface area contributed by atoms with Crippen LogP contribution < -0.4 is 10.6 Å². The van der Waals surface area contributed by atoms with Crippen molar-refractivity contribution >= 4 is 35.6 Å². The quantitative estimate of drug-likeness (QED) is 0.244. The highest BCUT2D eigenvalue weighted by Crippen LogP contribution is 2.17. The van der Waals surface area contributed by atoms with Crippen molar-refractivity contribution in [3.05, 3.63) is 75.6 Å². The molecule has 2 aromatic rings. The van der Waals surface area contributed by atoms with Crippen LogP contribution in [0.1, 0.15) is 11.1 Å². The highest BCUT2D eigenvalue weighted by molar-refractivity contribution is 14.0. The summed E-state index contributed by atoms with van der Waals surface area (Å²) >= 11 is 0. The molecule has 0 aliphatic carbocycles. The lowest BCUT2D eigenvalue weighted by Crippen LogP contribution is -2.36. The average molecular weight is 444 g/mol. The molecule has 0 unspecified atom stereocenters. The van der Waals surface area contributed by atoms with Crippen LogP contribution in [0, 0.1) is 15.9 Å². The van der Waals surface area contributed by atoms with Crippen molar-refractivity contribution in [1.29, 1.82) is 0 Å². The summed E-state index contributed by atoms with van der Waals surface area (Å²) < 4.78 is 13.6. The van der Waals surface area contributed by atoms with Crippen LogP contribution in [-0.4, -0.2) is 17.9 Å². The Morgan fingerprint density at radius 2 is 1.62 bits per heavy atom. The van der Waals surface area contributed by atoms with Gasteiger partial charge in [-0.2, -0.15) is 0 Å². The van der Waals surface area contributed by atoms with Gasteiger partial charge < -0.3 is 10.6 Å². The van der Waals surface area contributed by atoms with E-state index in [9.17, 15) is 14.5 Å². The Balaban J connectivity index is 0.00000288. The Hall–Kier alpha value is -2.23. The van der Waals surface area contributed by atoms with Crippen molar-refractivity contribution in [3.8, 4) is 0 Å². The number of nitro groups is 1. The molecule has 2 N–H and O–H groups in total. The van der Waals surface area contributed by atoms with E-state index in [-0.39, 0.29) is 48.6 Å². The number of halogens is 2. The maximum Gasteiger partial charge on any atom is 0.274 e. The molecule has 0 radical (unpaired) electrons. The molecule has 0 heterocycles. The summed E-state index contributed by atoms with van der Waals surface area (Å²) in [6, 6.07) is 12.9. The number of para-hydroxylation sites is 1. The molecule has 2 rings (SSSR count). The lowest BCUT2D eigenvalue weighted by atomic mass is 10.2. The molecule has 8 heteroatoms. The fraction of sp³-hybridized carbons (Fsp3) is 0.188. The number of hydrogen-bond acceptors (Lipinski definition) is 3. The zero-order valence-corrected chi connectivity index (χ0v) is 15.4. The summed E-state index contributed by atoms with van der Waals surface area (Å²) in [4.78, 5) is 14.6. The lowest BCUT2D eigenvalue weighted by Gasteiger charge is -2.12. The monoisotopic (exact) mass is 444 g/mol. The Morgan fingerprint density at radius 1 is 1.08 bits per heavy atom. The van der Waals surface area contributed by atoms with Gasteiger partial charge in [-0.1, -0.05) is 36.4 Å². The molecule has 0 fully saturated rings. The van der Waals surface area contributed by atoms with Gasteiger partial charge in [-0.05, 0) is 6.07 Å². The molecule has 24 heavy (non-hydrogen) atoms. The molecule has 0 atom stereocenters. The van der Waals surface area contributed by atoms with E-state index in [1.54, 1.807) is 43.4 Å². The highest BCUT2D eigenvalue weighted by Gasteiger charge is 2.12. The first-order chi connectivity index (χ1) is 11.1. The van der Waals surface area contributed by atoms with Crippen molar-refractivity contribution in [2.45, 2.75) is 13.1 Å². The minimum atomic E-state index is -0.424. The SMILES string of the molecule is CN=C(NCc1ccccc1F)NCc1ccccc1[N+](=O)[O-].I. The fourth-order valence-corrected chi connectivity index (χ4v) is 2.06. The lowest BCUT2D eigenvalue weighted by molar-refractivity contribution is -0.385. The minimum Gasteiger partial charge on any atom is -0.352 e. The zero-order valence-electron chi connectivity index (χ0n) is 13.0. The molecule has 0 bridgehead atoms. The molecule has 0 saturated heterocycles. The molecule has 0 spiro atoms. The van der Waals surface area contributed by atoms with E-state index >= 15 is 0 Å². The number of guanidine groups is 1. The van der Waals surface area contributed by atoms with Crippen molar-refractivity contribution < 1.29 is 9.31 Å². The highest BCUT2D eigenvalue weighted by atomic mass is 127. The van der Waals surface area contributed by atoms with Gasteiger partial charge in [-0.3, -0.25) is 15.1 Å². The van der Waals surface area contributed by atoms with Gasteiger partial charge in [0.1, 0.15) is 5.82 Å². The van der Waals surface area contributed by atoms with Gasteiger partial charge in [0.15, 0.2) is 5.96 Å². The van der Waals surface area contributed by atoms with Crippen LogP contribution in [0.4, 0.5) is 10.1 Å². The molecular weight excluding hydrogens is 426 g/mol. The molecule has 0 aromatic heterocycles. The Morgan fingerprint density at radius 3 is 2.21 bits per heavy atom. The van der Waals surface area contributed by atoms with E-state index in [0.717, 1.165) is 0 Å². The number of hydrogen-bond donors (Lipinski definition) is 2. The predicted molar refractivity (Wildman–Crippen MR) is 102 cm³/mol. The fourth-order valence-electron chi connectivity index (χ4n) is 2.06. The maximum absolute atomic E-state index is 13.6. The van der Waals surface area contributed by atoms with E-state index in [4.69, 9.17) is 0 Å². The minimum absolute atomic E-state index is 0. The molecule has 0 aliphatic rings. The summed E-state index contributed by atoms with van der Waals surface area (Å²) in [7, 11) is 1.58. The average Bonchev–Trinajstić information content (AvgIpc) is 2.56. The number of benzene rings is 2. The number of aliphatic imine (C=N–C) groups is 1. The number of nitro benzene ring substituents is 1. The third kappa shape index (κ3) is 5.44. The van der Waals surface area contributed by atoms with E-state index in [1.165, 1.54) is 12.1 Å². The summed E-state index contributed by atoms with van der Waals surface area (Å²) in [6.45, 7) is 0.511. The first-order valence-electron chi connectivity index (χ1n) is 7.02. The smallest absolute Gasteiger partial charge is 0.274 e. The van der Waals surface area contributed by atoms with Crippen LogP contribution in [0.2, 0.25) is 0 Å². The first-order valence-corrected chi connectivity index (χ1v) is 7.02. The van der Waals surface area contributed by atoms with Gasteiger partial charge in [0, 0.05) is 37.3 Å². The van der Waals surface area contributed by atoms with Crippen LogP contribution in [0.25, 0.3) is 0 Å². The molecule has 2 aromatic carbocycles. The second-order valence-electron chi connectivity index (χ2n) is 4.76. The zero-order chi connectivity index (χ0) is 16.7. The third-order valence-corrected chi connectivity index (χ3v) is 3.26. The van der Waals surface area contributed by atoms with Crippen LogP contribution in [0.15, 0.2) is 53.5 Å². The standard InChI is InChI=1S/C16H17FN4O2.HI/c1-18-16(19-10-12-6-2-4-8-14(12)17)20-11-13-7-3-5-9-15(13)21(22)23;/h2-9H,10-11H2,1H3,(H2,18,19,20);1H. The molecule has 0 saturated carbocycles. The van der Waals surface area contributed by atoms with Gasteiger partial charge in [-0.25, -0.2) is 4.39 Å². The summed E-state index contributed by atoms with van der Waals surface area (Å²) in [6.07, 6.45) is 0. The predicted octanol–water partition coefficient (Wildman–Crippen LogP) is 3.22. The third-order valence-electron chi connectivity index (χ3n) is 3.26. The number of rotatable bonds is 5. The molecular formula is C16H18FIN4O2. The van der Waals surface area contributed by atoms with Crippen LogP contribution in [0.5, 0.6) is 0 Å². The summed E-state index contributed by atoms with van der Waals surface area (Å²) in [5.74, 6) is 0.139. The summed E-state index contributed by atoms with van der Waals surface area (Å²) in [5, 5.41) is 16.9. The Bertz CT molecular complexity index is 725. The molecule has 0 aliphatic heterocycles. The van der Waals surface area contributed by atoms with Gasteiger partial charge in [0.05, 0.1) is 4.92 Å². The van der Waals surface area contributed by atoms with Gasteiger partial charge >= 0.3 is 0 Å². The van der Waals surface area contributed by atoms with E-state index < -0.39 is 4.92 Å². The van der Waals surface area contributed by atoms with Crippen LogP contribution in [0.3, 0.4) is 0 Å².